The summed E-state index contributed by atoms with van der Waals surface area (Å²) in [4.78, 5) is 38.5. The summed E-state index contributed by atoms with van der Waals surface area (Å²) in [6.07, 6.45) is -0.479. The van der Waals surface area contributed by atoms with E-state index in [9.17, 15) is 29.7 Å². The third-order valence-electron chi connectivity index (χ3n) is 15.2. The second-order valence-corrected chi connectivity index (χ2v) is 18.0. The number of methoxy groups -OCH3 is 2. The predicted molar refractivity (Wildman–Crippen MR) is 206 cm³/mol. The number of carbonyl (C=O) groups is 3. The van der Waals surface area contributed by atoms with Crippen molar-refractivity contribution >= 4 is 17.7 Å². The Labute approximate surface area is 340 Å². The van der Waals surface area contributed by atoms with Crippen molar-refractivity contribution in [2.75, 3.05) is 14.2 Å². The van der Waals surface area contributed by atoms with E-state index in [2.05, 4.69) is 6.92 Å². The molecular formula is C44H62O14. The molecule has 4 aliphatic carbocycles. The number of hydrogen-bond acceptors (Lipinski definition) is 14. The maximum absolute atomic E-state index is 13.6. The fourth-order valence-corrected chi connectivity index (χ4v) is 11.8. The summed E-state index contributed by atoms with van der Waals surface area (Å²) >= 11 is 0. The van der Waals surface area contributed by atoms with E-state index in [1.165, 1.54) is 13.8 Å². The average Bonchev–Trinajstić information content (AvgIpc) is 3.42. The SMILES string of the molecule is CO[C@H]1C[C@H](O[C@H]2[C@@H](OC)C[C@H](O[C@H]3CC[C@@]4(C)C(=CC[C@]5(O)[C@@H]4C[C@@H](OC(=O)c4ccccc4)[C@@]4(C)[C@]5(O)CC[C@@]4(O)C(C)=O)C3)O[C@@H]2C)O[C@H](C)[C@H]1OC(C)=O. The molecule has 3 N–H and O–H groups in total. The predicted octanol–water partition coefficient (Wildman–Crippen LogP) is 4.34. The van der Waals surface area contributed by atoms with Crippen molar-refractivity contribution in [1.82, 2.24) is 0 Å². The maximum Gasteiger partial charge on any atom is 0.338 e. The lowest BCUT2D eigenvalue weighted by molar-refractivity contribution is -0.322. The first-order valence-corrected chi connectivity index (χ1v) is 20.8. The van der Waals surface area contributed by atoms with Gasteiger partial charge in [0, 0.05) is 39.9 Å². The highest BCUT2D eigenvalue weighted by Crippen LogP contribution is 2.71. The van der Waals surface area contributed by atoms with Crippen LogP contribution in [0.5, 0.6) is 0 Å². The normalized spacial score (nSPS) is 46.2. The van der Waals surface area contributed by atoms with E-state index in [1.807, 2.05) is 19.9 Å². The molecule has 1 aromatic rings. The quantitative estimate of drug-likeness (QED) is 0.224. The first-order valence-electron chi connectivity index (χ1n) is 20.8. The van der Waals surface area contributed by atoms with Crippen LogP contribution in [-0.2, 0) is 47.5 Å². The van der Waals surface area contributed by atoms with Crippen LogP contribution in [0.3, 0.4) is 0 Å². The molecule has 16 atom stereocenters. The van der Waals surface area contributed by atoms with E-state index in [-0.39, 0.29) is 37.9 Å². The van der Waals surface area contributed by atoms with Gasteiger partial charge in [-0.2, -0.15) is 0 Å². The molecule has 6 aliphatic rings. The highest BCUT2D eigenvalue weighted by molar-refractivity contribution is 5.90. The molecule has 1 aromatic carbocycles. The zero-order chi connectivity index (χ0) is 42.0. The highest BCUT2D eigenvalue weighted by atomic mass is 16.7. The van der Waals surface area contributed by atoms with Crippen molar-refractivity contribution in [3.8, 4) is 0 Å². The molecule has 2 aliphatic heterocycles. The number of benzene rings is 1. The Hall–Kier alpha value is -2.79. The Morgan fingerprint density at radius 1 is 0.793 bits per heavy atom. The maximum atomic E-state index is 13.6. The topological polar surface area (TPSA) is 186 Å². The Balaban J connectivity index is 1.06. The van der Waals surface area contributed by atoms with Gasteiger partial charge in [-0.15, -0.1) is 0 Å². The second kappa shape index (κ2) is 15.9. The van der Waals surface area contributed by atoms with Gasteiger partial charge in [-0.25, -0.2) is 4.79 Å². The van der Waals surface area contributed by atoms with Crippen LogP contribution in [-0.4, -0.2) is 125 Å². The Kier molecular flexibility index (Phi) is 11.9. The van der Waals surface area contributed by atoms with Crippen molar-refractivity contribution in [2.24, 2.45) is 16.7 Å². The number of Topliss-reactive ketones (excluding diaryl/α,β-unsaturated/α-hetero) is 1. The molecule has 0 bridgehead atoms. The van der Waals surface area contributed by atoms with Crippen LogP contribution >= 0.6 is 0 Å². The van der Waals surface area contributed by atoms with Gasteiger partial charge in [-0.1, -0.05) is 36.8 Å². The van der Waals surface area contributed by atoms with E-state index in [4.69, 9.17) is 37.9 Å². The van der Waals surface area contributed by atoms with Gasteiger partial charge in [0.05, 0.1) is 35.4 Å². The van der Waals surface area contributed by atoms with Gasteiger partial charge in [0.15, 0.2) is 24.5 Å². The van der Waals surface area contributed by atoms with Gasteiger partial charge < -0.3 is 53.2 Å². The Morgan fingerprint density at radius 2 is 1.41 bits per heavy atom. The van der Waals surface area contributed by atoms with Crippen LogP contribution in [0.1, 0.15) is 110 Å². The number of aliphatic hydroxyl groups is 3. The fraction of sp³-hybridized carbons (Fsp3) is 0.750. The largest absolute Gasteiger partial charge is 0.458 e. The zero-order valence-electron chi connectivity index (χ0n) is 35.0. The molecule has 58 heavy (non-hydrogen) atoms. The molecule has 322 valence electrons. The zero-order valence-corrected chi connectivity index (χ0v) is 35.0. The van der Waals surface area contributed by atoms with E-state index in [1.54, 1.807) is 51.5 Å². The number of rotatable bonds is 10. The van der Waals surface area contributed by atoms with Crippen molar-refractivity contribution in [1.29, 1.82) is 0 Å². The van der Waals surface area contributed by atoms with E-state index < -0.39 is 100 Å². The van der Waals surface area contributed by atoms with Gasteiger partial charge in [-0.3, -0.25) is 9.59 Å². The second-order valence-electron chi connectivity index (χ2n) is 18.0. The number of ketones is 1. The Bertz CT molecular complexity index is 1740. The van der Waals surface area contributed by atoms with Gasteiger partial charge in [0.1, 0.15) is 35.1 Å². The van der Waals surface area contributed by atoms with Gasteiger partial charge >= 0.3 is 11.9 Å². The van der Waals surface area contributed by atoms with Crippen LogP contribution in [0.15, 0.2) is 42.0 Å². The van der Waals surface area contributed by atoms with Crippen molar-refractivity contribution in [2.45, 2.75) is 178 Å². The minimum atomic E-state index is -2.02. The minimum absolute atomic E-state index is 0.0345. The third kappa shape index (κ3) is 6.88. The van der Waals surface area contributed by atoms with Gasteiger partial charge in [-0.05, 0) is 90.2 Å². The highest BCUT2D eigenvalue weighted by Gasteiger charge is 2.81. The number of carbonyl (C=O) groups excluding carboxylic acids is 3. The minimum Gasteiger partial charge on any atom is -0.458 e. The molecular weight excluding hydrogens is 752 g/mol. The van der Waals surface area contributed by atoms with Crippen molar-refractivity contribution < 1.29 is 67.6 Å². The molecule has 0 amide bonds. The van der Waals surface area contributed by atoms with Crippen LogP contribution in [0.25, 0.3) is 0 Å². The number of ether oxygens (including phenoxy) is 8. The van der Waals surface area contributed by atoms with Crippen LogP contribution in [0, 0.1) is 16.7 Å². The van der Waals surface area contributed by atoms with Crippen LogP contribution < -0.4 is 0 Å². The lowest BCUT2D eigenvalue weighted by Crippen LogP contribution is -2.78. The summed E-state index contributed by atoms with van der Waals surface area (Å²) in [6, 6.07) is 8.51. The van der Waals surface area contributed by atoms with E-state index in [0.717, 1.165) is 5.57 Å². The fourth-order valence-electron chi connectivity index (χ4n) is 11.8. The summed E-state index contributed by atoms with van der Waals surface area (Å²) in [5, 5.41) is 37.7. The molecule has 0 aromatic heterocycles. The van der Waals surface area contributed by atoms with Crippen molar-refractivity contribution in [3.63, 3.8) is 0 Å². The molecule has 2 heterocycles. The van der Waals surface area contributed by atoms with E-state index in [0.29, 0.717) is 37.7 Å². The molecule has 0 spiro atoms. The van der Waals surface area contributed by atoms with Gasteiger partial charge in [0.2, 0.25) is 0 Å². The molecule has 7 rings (SSSR count). The summed E-state index contributed by atoms with van der Waals surface area (Å²) < 4.78 is 48.9. The molecule has 14 nitrogen and oxygen atoms in total. The smallest absolute Gasteiger partial charge is 0.338 e. The summed E-state index contributed by atoms with van der Waals surface area (Å²) in [7, 11) is 3.20. The van der Waals surface area contributed by atoms with Gasteiger partial charge in [0.25, 0.3) is 0 Å². The van der Waals surface area contributed by atoms with Crippen molar-refractivity contribution in [3.05, 3.63) is 47.5 Å². The molecule has 5 fully saturated rings. The average molecular weight is 815 g/mol. The molecule has 3 saturated carbocycles. The van der Waals surface area contributed by atoms with E-state index >= 15 is 0 Å². The standard InChI is InChI=1S/C44H62O14/c1-24-37(55-27(4)46)31(51-7)22-36(54-24)58-38-25(2)53-35(21-32(38)52-8)56-30-15-16-40(5)29(20-30)14-17-43(49)33(40)23-34(57-39(47)28-12-10-9-11-13-28)41(6)42(48,26(3)45)18-19-44(41,43)50/h9-14,24-25,30-38,48-50H,15-23H2,1-8H3/t24-,25-,30+,31+,32+,33-,34-,35+,36+,37-,38-,40+,41-,42-,43+,44-/m1/s1. The molecule has 0 unspecified atom stereocenters. The summed E-state index contributed by atoms with van der Waals surface area (Å²) in [5.41, 5.74) is -6.59. The lowest BCUT2D eigenvalue weighted by atomic mass is 9.42. The molecule has 2 saturated heterocycles. The molecule has 0 radical (unpaired) electrons. The van der Waals surface area contributed by atoms with Crippen LogP contribution in [0.4, 0.5) is 0 Å². The Morgan fingerprint density at radius 3 is 2.03 bits per heavy atom. The summed E-state index contributed by atoms with van der Waals surface area (Å²) in [6.45, 7) is 10.1. The number of hydrogen-bond donors (Lipinski definition) is 3. The lowest BCUT2D eigenvalue weighted by Gasteiger charge is -2.67. The first kappa shape index (κ1) is 43.3. The number of esters is 2. The third-order valence-corrected chi connectivity index (χ3v) is 15.2. The first-order chi connectivity index (χ1) is 27.3. The van der Waals surface area contributed by atoms with Crippen LogP contribution in [0.2, 0.25) is 0 Å². The molecule has 14 heteroatoms. The monoisotopic (exact) mass is 814 g/mol. The summed E-state index contributed by atoms with van der Waals surface area (Å²) in [5.74, 6) is -2.13. The number of fused-ring (bicyclic) bond motifs is 5.